The zero-order chi connectivity index (χ0) is 13.7. The number of benzene rings is 1. The molecule has 0 saturated heterocycles. The van der Waals surface area contributed by atoms with Gasteiger partial charge in [0.2, 0.25) is 0 Å². The van der Waals surface area contributed by atoms with Gasteiger partial charge in [-0.2, -0.15) is 0 Å². The number of nitrogens with zero attached hydrogens (tertiary/aromatic N) is 1. The van der Waals surface area contributed by atoms with Crippen LogP contribution in [0, 0.1) is 0 Å². The zero-order valence-corrected chi connectivity index (χ0v) is 11.4. The zero-order valence-electron chi connectivity index (χ0n) is 11.4. The first-order valence-corrected chi connectivity index (χ1v) is 6.10. The summed E-state index contributed by atoms with van der Waals surface area (Å²) in [6, 6.07) is 9.86. The molecule has 1 heterocycles. The van der Waals surface area contributed by atoms with Gasteiger partial charge in [0.1, 0.15) is 0 Å². The van der Waals surface area contributed by atoms with Crippen molar-refractivity contribution >= 4 is 0 Å². The third kappa shape index (κ3) is 3.03. The second kappa shape index (κ2) is 6.20. The summed E-state index contributed by atoms with van der Waals surface area (Å²) in [5.41, 5.74) is 3.08. The van der Waals surface area contributed by atoms with Gasteiger partial charge in [-0.1, -0.05) is 6.07 Å². The highest BCUT2D eigenvalue weighted by Gasteiger charge is 2.06. The molecule has 1 aromatic heterocycles. The van der Waals surface area contributed by atoms with Gasteiger partial charge in [0.25, 0.3) is 0 Å². The Morgan fingerprint density at radius 3 is 2.42 bits per heavy atom. The normalized spacial score (nSPS) is 10.3. The predicted octanol–water partition coefficient (Wildman–Crippen LogP) is 2.49. The number of pyridine rings is 1. The Kier molecular flexibility index (Phi) is 4.36. The van der Waals surface area contributed by atoms with E-state index in [1.54, 1.807) is 14.2 Å². The Hall–Kier alpha value is -2.07. The fraction of sp³-hybridized carbons (Fsp3) is 0.267. The molecular weight excluding hydrogens is 240 g/mol. The number of rotatable bonds is 5. The second-order valence-electron chi connectivity index (χ2n) is 4.15. The van der Waals surface area contributed by atoms with E-state index in [9.17, 15) is 0 Å². The predicted molar refractivity (Wildman–Crippen MR) is 75.5 cm³/mol. The lowest BCUT2D eigenvalue weighted by atomic mass is 10.1. The van der Waals surface area contributed by atoms with Crippen LogP contribution in [-0.4, -0.2) is 26.3 Å². The summed E-state index contributed by atoms with van der Waals surface area (Å²) in [6.45, 7) is 0.819. The molecule has 2 aromatic rings. The molecule has 4 nitrogen and oxygen atoms in total. The number of ether oxygens (including phenoxy) is 2. The maximum Gasteiger partial charge on any atom is 0.161 e. The van der Waals surface area contributed by atoms with Crippen LogP contribution < -0.4 is 14.8 Å². The number of methoxy groups -OCH3 is 2. The Labute approximate surface area is 113 Å². The van der Waals surface area contributed by atoms with Crippen molar-refractivity contribution in [3.05, 3.63) is 42.1 Å². The Bertz CT molecular complexity index is 538. The van der Waals surface area contributed by atoms with Crippen molar-refractivity contribution < 1.29 is 9.47 Å². The van der Waals surface area contributed by atoms with E-state index in [4.69, 9.17) is 9.47 Å². The molecular formula is C15H18N2O2. The number of nitrogens with one attached hydrogen (secondary N) is 1. The standard InChI is InChI=1S/C15H18N2O2/c1-16-9-11-4-6-13(17-10-11)12-5-7-14(18-2)15(8-12)19-3/h4-8,10,16H,9H2,1-3H3. The average molecular weight is 258 g/mol. The minimum Gasteiger partial charge on any atom is -0.493 e. The van der Waals surface area contributed by atoms with Gasteiger partial charge in [0.15, 0.2) is 11.5 Å². The summed E-state index contributed by atoms with van der Waals surface area (Å²) in [6.07, 6.45) is 1.88. The van der Waals surface area contributed by atoms with E-state index in [1.165, 1.54) is 0 Å². The van der Waals surface area contributed by atoms with Crippen molar-refractivity contribution in [3.8, 4) is 22.8 Å². The summed E-state index contributed by atoms with van der Waals surface area (Å²) < 4.78 is 10.5. The maximum absolute atomic E-state index is 5.30. The van der Waals surface area contributed by atoms with Crippen LogP contribution in [-0.2, 0) is 6.54 Å². The average Bonchev–Trinajstić information content (AvgIpc) is 2.47. The molecule has 1 N–H and O–H groups in total. The lowest BCUT2D eigenvalue weighted by Crippen LogP contribution is -2.05. The lowest BCUT2D eigenvalue weighted by Gasteiger charge is -2.09. The molecule has 0 aliphatic rings. The molecule has 100 valence electrons. The van der Waals surface area contributed by atoms with Gasteiger partial charge in [0.05, 0.1) is 19.9 Å². The number of hydrogen-bond acceptors (Lipinski definition) is 4. The molecule has 0 atom stereocenters. The largest absolute Gasteiger partial charge is 0.493 e. The number of hydrogen-bond donors (Lipinski definition) is 1. The molecule has 0 saturated carbocycles. The van der Waals surface area contributed by atoms with Crippen LogP contribution in [0.25, 0.3) is 11.3 Å². The van der Waals surface area contributed by atoms with Gasteiger partial charge in [-0.3, -0.25) is 4.98 Å². The van der Waals surface area contributed by atoms with Crippen LogP contribution in [0.1, 0.15) is 5.56 Å². The molecule has 0 amide bonds. The van der Waals surface area contributed by atoms with Crippen LogP contribution >= 0.6 is 0 Å². The van der Waals surface area contributed by atoms with Gasteiger partial charge in [-0.25, -0.2) is 0 Å². The van der Waals surface area contributed by atoms with Crippen LogP contribution in [0.4, 0.5) is 0 Å². The van der Waals surface area contributed by atoms with Gasteiger partial charge in [-0.15, -0.1) is 0 Å². The van der Waals surface area contributed by atoms with Crippen LogP contribution in [0.15, 0.2) is 36.5 Å². The van der Waals surface area contributed by atoms with Crippen molar-refractivity contribution in [1.29, 1.82) is 0 Å². The monoisotopic (exact) mass is 258 g/mol. The number of aromatic nitrogens is 1. The summed E-state index contributed by atoms with van der Waals surface area (Å²) in [7, 11) is 5.18. The minimum atomic E-state index is 0.709. The summed E-state index contributed by atoms with van der Waals surface area (Å²) in [4.78, 5) is 4.46. The first kappa shape index (κ1) is 13.4. The molecule has 19 heavy (non-hydrogen) atoms. The van der Waals surface area contributed by atoms with Gasteiger partial charge in [0, 0.05) is 18.3 Å². The minimum absolute atomic E-state index is 0.709. The highest BCUT2D eigenvalue weighted by atomic mass is 16.5. The van der Waals surface area contributed by atoms with E-state index in [1.807, 2.05) is 37.5 Å². The quantitative estimate of drug-likeness (QED) is 0.894. The van der Waals surface area contributed by atoms with E-state index in [0.29, 0.717) is 5.75 Å². The SMILES string of the molecule is CNCc1ccc(-c2ccc(OC)c(OC)c2)nc1. The third-order valence-corrected chi connectivity index (χ3v) is 2.88. The highest BCUT2D eigenvalue weighted by Crippen LogP contribution is 2.31. The first-order valence-electron chi connectivity index (χ1n) is 6.10. The Morgan fingerprint density at radius 2 is 1.84 bits per heavy atom. The van der Waals surface area contributed by atoms with Crippen molar-refractivity contribution in [3.63, 3.8) is 0 Å². The van der Waals surface area contributed by atoms with Gasteiger partial charge >= 0.3 is 0 Å². The molecule has 0 aliphatic heterocycles. The molecule has 0 aliphatic carbocycles. The van der Waals surface area contributed by atoms with E-state index in [2.05, 4.69) is 16.4 Å². The maximum atomic E-state index is 5.30. The van der Waals surface area contributed by atoms with E-state index in [-0.39, 0.29) is 0 Å². The highest BCUT2D eigenvalue weighted by molar-refractivity contribution is 5.64. The molecule has 4 heteroatoms. The fourth-order valence-electron chi connectivity index (χ4n) is 1.90. The molecule has 0 fully saturated rings. The van der Waals surface area contributed by atoms with E-state index < -0.39 is 0 Å². The van der Waals surface area contributed by atoms with Gasteiger partial charge in [-0.05, 0) is 36.9 Å². The smallest absolute Gasteiger partial charge is 0.161 e. The Morgan fingerprint density at radius 1 is 1.05 bits per heavy atom. The second-order valence-corrected chi connectivity index (χ2v) is 4.15. The summed E-state index contributed by atoms with van der Waals surface area (Å²) in [5, 5.41) is 3.10. The molecule has 1 aromatic carbocycles. The van der Waals surface area contributed by atoms with Crippen LogP contribution in [0.2, 0.25) is 0 Å². The molecule has 0 radical (unpaired) electrons. The summed E-state index contributed by atoms with van der Waals surface area (Å²) >= 11 is 0. The third-order valence-electron chi connectivity index (χ3n) is 2.88. The van der Waals surface area contributed by atoms with Crippen LogP contribution in [0.3, 0.4) is 0 Å². The van der Waals surface area contributed by atoms with E-state index in [0.717, 1.165) is 29.1 Å². The van der Waals surface area contributed by atoms with Gasteiger partial charge < -0.3 is 14.8 Å². The lowest BCUT2D eigenvalue weighted by molar-refractivity contribution is 0.355. The molecule has 0 spiro atoms. The fourth-order valence-corrected chi connectivity index (χ4v) is 1.90. The Balaban J connectivity index is 2.30. The van der Waals surface area contributed by atoms with Crippen molar-refractivity contribution in [1.82, 2.24) is 10.3 Å². The first-order chi connectivity index (χ1) is 9.28. The van der Waals surface area contributed by atoms with Crippen molar-refractivity contribution in [2.24, 2.45) is 0 Å². The molecule has 2 rings (SSSR count). The molecule has 0 bridgehead atoms. The van der Waals surface area contributed by atoms with Crippen LogP contribution in [0.5, 0.6) is 11.5 Å². The molecule has 0 unspecified atom stereocenters. The van der Waals surface area contributed by atoms with Crippen molar-refractivity contribution in [2.75, 3.05) is 21.3 Å². The summed E-state index contributed by atoms with van der Waals surface area (Å²) in [5.74, 6) is 1.43. The van der Waals surface area contributed by atoms with Crippen molar-refractivity contribution in [2.45, 2.75) is 6.54 Å². The van der Waals surface area contributed by atoms with E-state index >= 15 is 0 Å². The topological polar surface area (TPSA) is 43.4 Å².